The van der Waals surface area contributed by atoms with Gasteiger partial charge in [0.2, 0.25) is 0 Å². The molecule has 94 valence electrons. The fourth-order valence-corrected chi connectivity index (χ4v) is 1.74. The molecule has 1 heterocycles. The van der Waals surface area contributed by atoms with Gasteiger partial charge in [0.25, 0.3) is 21.9 Å². The van der Waals surface area contributed by atoms with E-state index in [-0.39, 0.29) is 5.06 Å². The van der Waals surface area contributed by atoms with Crippen molar-refractivity contribution in [3.05, 3.63) is 0 Å². The van der Waals surface area contributed by atoms with E-state index >= 15 is 0 Å². The van der Waals surface area contributed by atoms with Crippen LogP contribution in [0.2, 0.25) is 0 Å². The van der Waals surface area contributed by atoms with Gasteiger partial charge in [0.05, 0.1) is 6.42 Å². The van der Waals surface area contributed by atoms with E-state index in [1.165, 1.54) is 0 Å². The Hall–Kier alpha value is -2.01. The van der Waals surface area contributed by atoms with E-state index in [1.807, 2.05) is 0 Å². The van der Waals surface area contributed by atoms with Gasteiger partial charge in [-0.05, 0) is 0 Å². The molecule has 10 nitrogen and oxygen atoms in total. The zero-order chi connectivity index (χ0) is 13.4. The molecule has 0 aromatic rings. The van der Waals surface area contributed by atoms with Crippen LogP contribution >= 0.6 is 0 Å². The van der Waals surface area contributed by atoms with Crippen LogP contribution in [0, 0.1) is 0 Å². The summed E-state index contributed by atoms with van der Waals surface area (Å²) in [4.78, 5) is 46.8. The van der Waals surface area contributed by atoms with E-state index < -0.39 is 45.5 Å². The fourth-order valence-electron chi connectivity index (χ4n) is 1.03. The third kappa shape index (κ3) is 2.57. The zero-order valence-electron chi connectivity index (χ0n) is 7.89. The molecule has 2 amide bonds. The van der Waals surface area contributed by atoms with E-state index in [4.69, 9.17) is 9.66 Å². The van der Waals surface area contributed by atoms with Gasteiger partial charge in [0, 0.05) is 0 Å². The zero-order valence-corrected chi connectivity index (χ0v) is 8.71. The van der Waals surface area contributed by atoms with Crippen LogP contribution < -0.4 is 0 Å². The molecule has 2 N–H and O–H groups in total. The molecule has 0 radical (unpaired) electrons. The van der Waals surface area contributed by atoms with Crippen molar-refractivity contribution in [1.29, 1.82) is 0 Å². The van der Waals surface area contributed by atoms with Gasteiger partial charge in [0.1, 0.15) is 0 Å². The standard InChI is InChI=1S/C6H5NO9S/c8-3-1-2(17(13,14)15)4(9)7(3)16-6(12)5(10)11/h2H,1H2,(H,10,11)(H,13,14,15). The first-order chi connectivity index (χ1) is 7.64. The average Bonchev–Trinajstić information content (AvgIpc) is 2.44. The first-order valence-corrected chi connectivity index (χ1v) is 5.43. The number of amides is 2. The molecule has 1 rings (SSSR count). The van der Waals surface area contributed by atoms with Crippen molar-refractivity contribution in [2.24, 2.45) is 0 Å². The smallest absolute Gasteiger partial charge is 0.442 e. The van der Waals surface area contributed by atoms with Crippen molar-refractivity contribution in [2.75, 3.05) is 0 Å². The number of hydrogen-bond acceptors (Lipinski definition) is 7. The highest BCUT2D eigenvalue weighted by Crippen LogP contribution is 2.19. The average molecular weight is 267 g/mol. The van der Waals surface area contributed by atoms with Gasteiger partial charge in [-0.1, -0.05) is 0 Å². The van der Waals surface area contributed by atoms with Crippen LogP contribution in [0.5, 0.6) is 0 Å². The number of carboxylic acids is 1. The summed E-state index contributed by atoms with van der Waals surface area (Å²) >= 11 is 0. The monoisotopic (exact) mass is 267 g/mol. The lowest BCUT2D eigenvalue weighted by molar-refractivity contribution is -0.200. The summed E-state index contributed by atoms with van der Waals surface area (Å²) in [6.07, 6.45) is -0.926. The lowest BCUT2D eigenvalue weighted by atomic mass is 10.4. The molecule has 17 heavy (non-hydrogen) atoms. The van der Waals surface area contributed by atoms with Gasteiger partial charge in [-0.2, -0.15) is 8.42 Å². The Morgan fingerprint density at radius 3 is 2.24 bits per heavy atom. The summed E-state index contributed by atoms with van der Waals surface area (Å²) in [5.74, 6) is -6.76. The number of aliphatic carboxylic acids is 1. The Morgan fingerprint density at radius 1 is 1.35 bits per heavy atom. The van der Waals surface area contributed by atoms with E-state index in [0.717, 1.165) is 0 Å². The predicted octanol–water partition coefficient (Wildman–Crippen LogP) is -2.46. The van der Waals surface area contributed by atoms with E-state index in [0.29, 0.717) is 0 Å². The maximum Gasteiger partial charge on any atom is 0.442 e. The molecule has 0 saturated carbocycles. The lowest BCUT2D eigenvalue weighted by Crippen LogP contribution is -2.38. The number of rotatable bonds is 2. The number of imide groups is 1. The van der Waals surface area contributed by atoms with Crippen LogP contribution in [-0.4, -0.2) is 52.1 Å². The normalized spacial score (nSPS) is 20.5. The Kier molecular flexibility index (Phi) is 3.15. The minimum Gasteiger partial charge on any atom is -0.473 e. The molecular formula is C6H5NO9S. The van der Waals surface area contributed by atoms with Crippen LogP contribution in [0.3, 0.4) is 0 Å². The molecule has 0 aliphatic carbocycles. The Bertz CT molecular complexity index is 506. The fraction of sp³-hybridized carbons (Fsp3) is 0.333. The predicted molar refractivity (Wildman–Crippen MR) is 45.5 cm³/mol. The summed E-state index contributed by atoms with van der Waals surface area (Å²) in [5, 5.41) is 5.77. The highest BCUT2D eigenvalue weighted by molar-refractivity contribution is 7.87. The number of carboxylic acid groups (broad SMARTS) is 1. The van der Waals surface area contributed by atoms with Crippen molar-refractivity contribution in [3.63, 3.8) is 0 Å². The Balaban J connectivity index is 2.91. The molecule has 1 atom stereocenters. The molecule has 0 bridgehead atoms. The summed E-state index contributed by atoms with van der Waals surface area (Å²) in [6, 6.07) is 0. The van der Waals surface area contributed by atoms with Crippen LogP contribution in [0.25, 0.3) is 0 Å². The quantitative estimate of drug-likeness (QED) is 0.314. The van der Waals surface area contributed by atoms with Gasteiger partial charge in [-0.15, -0.1) is 5.06 Å². The molecule has 0 spiro atoms. The molecule has 1 saturated heterocycles. The maximum absolute atomic E-state index is 11.2. The number of hydrogen-bond donors (Lipinski definition) is 2. The summed E-state index contributed by atoms with van der Waals surface area (Å²) < 4.78 is 29.9. The largest absolute Gasteiger partial charge is 0.473 e. The minimum absolute atomic E-state index is 0.297. The number of hydroxylamine groups is 2. The molecule has 0 aromatic carbocycles. The molecular weight excluding hydrogens is 262 g/mol. The Morgan fingerprint density at radius 2 is 1.88 bits per heavy atom. The first kappa shape index (κ1) is 13.1. The van der Waals surface area contributed by atoms with Crippen LogP contribution in [-0.2, 0) is 34.1 Å². The van der Waals surface area contributed by atoms with Crippen LogP contribution in [0.1, 0.15) is 6.42 Å². The molecule has 1 aliphatic heterocycles. The van der Waals surface area contributed by atoms with Gasteiger partial charge in [-0.3, -0.25) is 14.1 Å². The third-order valence-electron chi connectivity index (χ3n) is 1.77. The van der Waals surface area contributed by atoms with Crippen molar-refractivity contribution >= 4 is 33.9 Å². The Labute approximate surface area is 93.5 Å². The maximum atomic E-state index is 11.2. The second-order valence-electron chi connectivity index (χ2n) is 2.92. The molecule has 1 fully saturated rings. The number of carbonyl (C=O) groups is 4. The highest BCUT2D eigenvalue weighted by atomic mass is 32.2. The third-order valence-corrected chi connectivity index (χ3v) is 2.86. The van der Waals surface area contributed by atoms with E-state index in [2.05, 4.69) is 4.84 Å². The van der Waals surface area contributed by atoms with Gasteiger partial charge >= 0.3 is 11.9 Å². The van der Waals surface area contributed by atoms with Gasteiger partial charge < -0.3 is 9.94 Å². The summed E-state index contributed by atoms with van der Waals surface area (Å²) in [7, 11) is -4.82. The van der Waals surface area contributed by atoms with Gasteiger partial charge in [-0.25, -0.2) is 9.59 Å². The number of carbonyl (C=O) groups excluding carboxylic acids is 3. The molecule has 0 aromatic heterocycles. The van der Waals surface area contributed by atoms with E-state index in [1.54, 1.807) is 0 Å². The second-order valence-corrected chi connectivity index (χ2v) is 4.52. The summed E-state index contributed by atoms with van der Waals surface area (Å²) in [6.45, 7) is 0. The SMILES string of the molecule is O=C(O)C(=O)ON1C(=O)CC(S(=O)(=O)O)C1=O. The lowest BCUT2D eigenvalue weighted by Gasteiger charge is -2.10. The first-order valence-electron chi connectivity index (χ1n) is 3.93. The topological polar surface area (TPSA) is 155 Å². The second kappa shape index (κ2) is 4.10. The van der Waals surface area contributed by atoms with Crippen LogP contribution in [0.4, 0.5) is 0 Å². The van der Waals surface area contributed by atoms with Crippen molar-refractivity contribution < 1.29 is 42.1 Å². The molecule has 1 unspecified atom stereocenters. The van der Waals surface area contributed by atoms with E-state index in [9.17, 15) is 27.6 Å². The van der Waals surface area contributed by atoms with Crippen LogP contribution in [0.15, 0.2) is 0 Å². The molecule has 11 heteroatoms. The van der Waals surface area contributed by atoms with Crippen molar-refractivity contribution in [3.8, 4) is 0 Å². The van der Waals surface area contributed by atoms with Gasteiger partial charge in [0.15, 0.2) is 5.25 Å². The molecule has 1 aliphatic rings. The highest BCUT2D eigenvalue weighted by Gasteiger charge is 2.48. The van der Waals surface area contributed by atoms with Crippen molar-refractivity contribution in [2.45, 2.75) is 11.7 Å². The minimum atomic E-state index is -4.82. The summed E-state index contributed by atoms with van der Waals surface area (Å²) in [5.41, 5.74) is 0. The number of nitrogens with zero attached hydrogens (tertiary/aromatic N) is 1. The van der Waals surface area contributed by atoms with Crippen molar-refractivity contribution in [1.82, 2.24) is 5.06 Å².